The second-order valence-electron chi connectivity index (χ2n) is 6.01. The summed E-state index contributed by atoms with van der Waals surface area (Å²) in [6, 6.07) is 15.2. The number of aryl methyl sites for hydroxylation is 1. The smallest absolute Gasteiger partial charge is 0.340 e. The highest BCUT2D eigenvalue weighted by Crippen LogP contribution is 2.36. The van der Waals surface area contributed by atoms with Gasteiger partial charge in [-0.2, -0.15) is 0 Å². The first-order valence-electron chi connectivity index (χ1n) is 8.11. The van der Waals surface area contributed by atoms with Crippen molar-refractivity contribution in [1.29, 1.82) is 0 Å². The molecule has 0 aromatic heterocycles. The number of carbonyl (C=O) groups is 2. The number of hydrogen-bond acceptors (Lipinski definition) is 3. The molecule has 0 saturated heterocycles. The monoisotopic (exact) mass is 411 g/mol. The summed E-state index contributed by atoms with van der Waals surface area (Å²) in [7, 11) is 1.32. The van der Waals surface area contributed by atoms with Crippen molar-refractivity contribution in [2.75, 3.05) is 12.0 Å². The summed E-state index contributed by atoms with van der Waals surface area (Å²) >= 11 is 3.48. The van der Waals surface area contributed by atoms with E-state index in [9.17, 15) is 9.59 Å². The van der Waals surface area contributed by atoms with Crippen LogP contribution in [-0.2, 0) is 14.3 Å². The van der Waals surface area contributed by atoms with Crippen molar-refractivity contribution in [3.8, 4) is 0 Å². The zero-order valence-electron chi connectivity index (χ0n) is 14.7. The van der Waals surface area contributed by atoms with E-state index in [1.807, 2.05) is 55.5 Å². The fourth-order valence-electron chi connectivity index (χ4n) is 3.01. The van der Waals surface area contributed by atoms with Gasteiger partial charge in [-0.25, -0.2) is 4.79 Å². The summed E-state index contributed by atoms with van der Waals surface area (Å²) < 4.78 is 5.77. The number of halogens is 1. The Hall–Kier alpha value is -2.66. The summed E-state index contributed by atoms with van der Waals surface area (Å²) in [5.74, 6) is -0.770. The predicted molar refractivity (Wildman–Crippen MR) is 106 cm³/mol. The highest BCUT2D eigenvalue weighted by Gasteiger charge is 2.37. The molecule has 0 bridgehead atoms. The second-order valence-corrected chi connectivity index (χ2v) is 6.87. The first-order chi connectivity index (χ1) is 12.4. The lowest BCUT2D eigenvalue weighted by molar-refractivity contribution is -0.136. The minimum atomic E-state index is -0.524. The Kier molecular flexibility index (Phi) is 5.09. The van der Waals surface area contributed by atoms with Gasteiger partial charge in [-0.05, 0) is 49.2 Å². The summed E-state index contributed by atoms with van der Waals surface area (Å²) in [6.45, 7) is 3.72. The molecular formula is C21H18BrNO3. The van der Waals surface area contributed by atoms with Gasteiger partial charge in [0, 0.05) is 15.9 Å². The molecule has 2 aromatic rings. The van der Waals surface area contributed by atoms with Gasteiger partial charge in [0.1, 0.15) is 0 Å². The topological polar surface area (TPSA) is 46.6 Å². The number of esters is 1. The minimum Gasteiger partial charge on any atom is -0.465 e. The van der Waals surface area contributed by atoms with E-state index in [0.717, 1.165) is 21.3 Å². The maximum absolute atomic E-state index is 13.2. The maximum Gasteiger partial charge on any atom is 0.340 e. The Morgan fingerprint density at radius 1 is 1.12 bits per heavy atom. The van der Waals surface area contributed by atoms with Gasteiger partial charge in [-0.15, -0.1) is 0 Å². The number of anilines is 1. The number of carbonyl (C=O) groups excluding carboxylic acids is 2. The molecule has 1 amide bonds. The van der Waals surface area contributed by atoms with Gasteiger partial charge in [0.05, 0.1) is 18.3 Å². The Labute approximate surface area is 160 Å². The minimum absolute atomic E-state index is 0.246. The maximum atomic E-state index is 13.2. The third-order valence-corrected chi connectivity index (χ3v) is 4.98. The Bertz CT molecular complexity index is 959. The molecule has 0 saturated carbocycles. The third kappa shape index (κ3) is 3.22. The number of nitrogens with zero attached hydrogens (tertiary/aromatic N) is 1. The Balaban J connectivity index is 2.17. The lowest BCUT2D eigenvalue weighted by Crippen LogP contribution is -2.24. The van der Waals surface area contributed by atoms with Crippen molar-refractivity contribution < 1.29 is 14.3 Å². The van der Waals surface area contributed by atoms with Crippen LogP contribution in [0.15, 0.2) is 69.8 Å². The molecule has 2 aromatic carbocycles. The van der Waals surface area contributed by atoms with E-state index in [1.54, 1.807) is 17.9 Å². The van der Waals surface area contributed by atoms with Crippen LogP contribution in [0, 0.1) is 6.92 Å². The van der Waals surface area contributed by atoms with Gasteiger partial charge in [0.2, 0.25) is 0 Å². The standard InChI is InChI=1S/C21H18BrNO3/c1-13-7-6-9-16(11-13)23-14(2)19(21(25)26-3)17(20(23)24)12-15-8-4-5-10-18(15)22/h4-12H,1-3H3/b17-12-. The summed E-state index contributed by atoms with van der Waals surface area (Å²) in [5, 5.41) is 0. The lowest BCUT2D eigenvalue weighted by atomic mass is 10.0. The van der Waals surface area contributed by atoms with Crippen molar-refractivity contribution in [3.05, 3.63) is 81.0 Å². The lowest BCUT2D eigenvalue weighted by Gasteiger charge is -2.18. The molecule has 0 atom stereocenters. The molecule has 1 heterocycles. The van der Waals surface area contributed by atoms with Gasteiger partial charge < -0.3 is 4.74 Å². The zero-order chi connectivity index (χ0) is 18.8. The van der Waals surface area contributed by atoms with E-state index in [0.29, 0.717) is 11.3 Å². The predicted octanol–water partition coefficient (Wildman–Crippen LogP) is 4.63. The SMILES string of the molecule is COC(=O)C1=C(C)N(c2cccc(C)c2)C(=O)/C1=C\c1ccccc1Br. The first kappa shape index (κ1) is 18.1. The van der Waals surface area contributed by atoms with Crippen LogP contribution in [0.3, 0.4) is 0 Å². The number of hydrogen-bond donors (Lipinski definition) is 0. The molecule has 5 heteroatoms. The zero-order valence-corrected chi connectivity index (χ0v) is 16.3. The number of ether oxygens (including phenoxy) is 1. The van der Waals surface area contributed by atoms with Crippen LogP contribution in [0.4, 0.5) is 5.69 Å². The normalized spacial score (nSPS) is 15.8. The van der Waals surface area contributed by atoms with Gasteiger partial charge in [0.15, 0.2) is 0 Å². The molecule has 0 radical (unpaired) electrons. The van der Waals surface area contributed by atoms with Gasteiger partial charge in [0.25, 0.3) is 5.91 Å². The Morgan fingerprint density at radius 3 is 2.50 bits per heavy atom. The van der Waals surface area contributed by atoms with Gasteiger partial charge in [-0.3, -0.25) is 9.69 Å². The summed E-state index contributed by atoms with van der Waals surface area (Å²) in [5.41, 5.74) is 3.75. The summed E-state index contributed by atoms with van der Waals surface area (Å²) in [4.78, 5) is 27.1. The third-order valence-electron chi connectivity index (χ3n) is 4.25. The highest BCUT2D eigenvalue weighted by molar-refractivity contribution is 9.10. The van der Waals surface area contributed by atoms with Gasteiger partial charge >= 0.3 is 5.97 Å². The molecule has 0 N–H and O–H groups in total. The molecule has 0 fully saturated rings. The fraction of sp³-hybridized carbons (Fsp3) is 0.143. The number of allylic oxidation sites excluding steroid dienone is 1. The number of benzene rings is 2. The van der Waals surface area contributed by atoms with Gasteiger partial charge in [-0.1, -0.05) is 46.3 Å². The molecule has 3 rings (SSSR count). The van der Waals surface area contributed by atoms with E-state index in [-0.39, 0.29) is 11.5 Å². The molecule has 1 aliphatic heterocycles. The molecule has 0 spiro atoms. The molecular weight excluding hydrogens is 394 g/mol. The second kappa shape index (κ2) is 7.30. The molecule has 4 nitrogen and oxygen atoms in total. The number of rotatable bonds is 3. The van der Waals surface area contributed by atoms with E-state index in [4.69, 9.17) is 4.74 Å². The van der Waals surface area contributed by atoms with Crippen LogP contribution >= 0.6 is 15.9 Å². The first-order valence-corrected chi connectivity index (χ1v) is 8.90. The van der Waals surface area contributed by atoms with Crippen molar-refractivity contribution in [1.82, 2.24) is 0 Å². The van der Waals surface area contributed by atoms with Crippen LogP contribution in [0.25, 0.3) is 6.08 Å². The van der Waals surface area contributed by atoms with Crippen LogP contribution in [0.2, 0.25) is 0 Å². The largest absolute Gasteiger partial charge is 0.465 e. The average molecular weight is 412 g/mol. The molecule has 0 unspecified atom stereocenters. The number of amides is 1. The van der Waals surface area contributed by atoms with E-state index in [1.165, 1.54) is 7.11 Å². The quantitative estimate of drug-likeness (QED) is 0.546. The van der Waals surface area contributed by atoms with E-state index < -0.39 is 5.97 Å². The summed E-state index contributed by atoms with van der Waals surface area (Å²) in [6.07, 6.45) is 1.72. The number of methoxy groups -OCH3 is 1. The fourth-order valence-corrected chi connectivity index (χ4v) is 3.40. The van der Waals surface area contributed by atoms with Crippen molar-refractivity contribution in [2.24, 2.45) is 0 Å². The van der Waals surface area contributed by atoms with Crippen molar-refractivity contribution in [3.63, 3.8) is 0 Å². The highest BCUT2D eigenvalue weighted by atomic mass is 79.9. The van der Waals surface area contributed by atoms with Crippen LogP contribution in [0.5, 0.6) is 0 Å². The van der Waals surface area contributed by atoms with Crippen molar-refractivity contribution in [2.45, 2.75) is 13.8 Å². The van der Waals surface area contributed by atoms with Crippen LogP contribution < -0.4 is 4.90 Å². The molecule has 0 aliphatic carbocycles. The van der Waals surface area contributed by atoms with E-state index >= 15 is 0 Å². The average Bonchev–Trinajstić information content (AvgIpc) is 2.86. The van der Waals surface area contributed by atoms with Crippen LogP contribution in [0.1, 0.15) is 18.1 Å². The Morgan fingerprint density at radius 2 is 1.85 bits per heavy atom. The molecule has 132 valence electrons. The van der Waals surface area contributed by atoms with Crippen LogP contribution in [-0.4, -0.2) is 19.0 Å². The van der Waals surface area contributed by atoms with Crippen molar-refractivity contribution >= 4 is 39.6 Å². The van der Waals surface area contributed by atoms with E-state index in [2.05, 4.69) is 15.9 Å². The molecule has 26 heavy (non-hydrogen) atoms. The molecule has 1 aliphatic rings.